The van der Waals surface area contributed by atoms with Gasteiger partial charge in [-0.1, -0.05) is 30.3 Å². The molecule has 1 aromatic carbocycles. The molecule has 134 valence electrons. The Hall–Kier alpha value is -2.14. The Morgan fingerprint density at radius 1 is 1.12 bits per heavy atom. The molecule has 1 saturated heterocycles. The monoisotopic (exact) mass is 340 g/mol. The van der Waals surface area contributed by atoms with Crippen molar-refractivity contribution in [3.05, 3.63) is 54.1 Å². The van der Waals surface area contributed by atoms with E-state index in [2.05, 4.69) is 33.5 Å². The average molecular weight is 340 g/mol. The lowest BCUT2D eigenvalue weighted by molar-refractivity contribution is -0.131. The van der Waals surface area contributed by atoms with Crippen molar-refractivity contribution in [2.45, 2.75) is 39.3 Å². The van der Waals surface area contributed by atoms with E-state index in [1.165, 1.54) is 5.56 Å². The maximum atomic E-state index is 12.5. The molecule has 25 heavy (non-hydrogen) atoms. The van der Waals surface area contributed by atoms with Gasteiger partial charge in [0.2, 0.25) is 5.91 Å². The van der Waals surface area contributed by atoms with Crippen LogP contribution in [0.15, 0.2) is 42.7 Å². The molecule has 0 atom stereocenters. The van der Waals surface area contributed by atoms with E-state index in [4.69, 9.17) is 0 Å². The van der Waals surface area contributed by atoms with Crippen molar-refractivity contribution >= 4 is 5.91 Å². The molecule has 0 saturated carbocycles. The minimum Gasteiger partial charge on any atom is -0.341 e. The van der Waals surface area contributed by atoms with Crippen LogP contribution in [0.2, 0.25) is 0 Å². The highest BCUT2D eigenvalue weighted by atomic mass is 16.2. The summed E-state index contributed by atoms with van der Waals surface area (Å²) >= 11 is 0. The highest BCUT2D eigenvalue weighted by Gasteiger charge is 2.19. The smallest absolute Gasteiger partial charge is 0.222 e. The summed E-state index contributed by atoms with van der Waals surface area (Å²) in [5.41, 5.74) is 1.23. The fraction of sp³-hybridized carbons (Fsp3) is 0.500. The van der Waals surface area contributed by atoms with Gasteiger partial charge in [0.15, 0.2) is 0 Å². The van der Waals surface area contributed by atoms with E-state index < -0.39 is 0 Å². The SMILES string of the molecule is CCn1ccnc1CN1CCCN(C(=O)CCc2ccccc2)CC1. The van der Waals surface area contributed by atoms with Crippen LogP contribution in [0, 0.1) is 0 Å². The standard InChI is InChI=1S/C20H28N4O/c1-2-23-14-11-21-19(23)17-22-12-6-13-24(16-15-22)20(25)10-9-18-7-4-3-5-8-18/h3-5,7-8,11,14H,2,6,9-10,12-13,15-17H2,1H3. The second-order valence-corrected chi connectivity index (χ2v) is 6.63. The Labute approximate surface area is 150 Å². The van der Waals surface area contributed by atoms with Gasteiger partial charge in [0.1, 0.15) is 5.82 Å². The first kappa shape index (κ1) is 17.7. The van der Waals surface area contributed by atoms with Gasteiger partial charge in [0, 0.05) is 51.5 Å². The molecule has 5 nitrogen and oxygen atoms in total. The molecule has 0 bridgehead atoms. The van der Waals surface area contributed by atoms with Crippen LogP contribution < -0.4 is 0 Å². The number of nitrogens with zero attached hydrogens (tertiary/aromatic N) is 4. The zero-order valence-corrected chi connectivity index (χ0v) is 15.1. The molecule has 0 aliphatic carbocycles. The van der Waals surface area contributed by atoms with E-state index in [0.29, 0.717) is 6.42 Å². The summed E-state index contributed by atoms with van der Waals surface area (Å²) in [6.07, 6.45) is 6.37. The normalized spacial score (nSPS) is 16.0. The number of hydrogen-bond acceptors (Lipinski definition) is 3. The van der Waals surface area contributed by atoms with Crippen LogP contribution in [0.5, 0.6) is 0 Å². The van der Waals surface area contributed by atoms with Gasteiger partial charge in [-0.15, -0.1) is 0 Å². The van der Waals surface area contributed by atoms with Crippen molar-refractivity contribution < 1.29 is 4.79 Å². The minimum atomic E-state index is 0.278. The second-order valence-electron chi connectivity index (χ2n) is 6.63. The first-order valence-corrected chi connectivity index (χ1v) is 9.30. The first-order chi connectivity index (χ1) is 12.3. The summed E-state index contributed by atoms with van der Waals surface area (Å²) in [6.45, 7) is 7.60. The lowest BCUT2D eigenvalue weighted by Gasteiger charge is -2.22. The molecular formula is C20H28N4O. The molecule has 0 radical (unpaired) electrons. The predicted octanol–water partition coefficient (Wildman–Crippen LogP) is 2.57. The van der Waals surface area contributed by atoms with E-state index in [-0.39, 0.29) is 5.91 Å². The van der Waals surface area contributed by atoms with Crippen molar-refractivity contribution in [1.29, 1.82) is 0 Å². The summed E-state index contributed by atoms with van der Waals surface area (Å²) in [5.74, 6) is 1.40. The zero-order valence-electron chi connectivity index (χ0n) is 15.1. The molecule has 0 unspecified atom stereocenters. The molecule has 3 rings (SSSR count). The largest absolute Gasteiger partial charge is 0.341 e. The molecule has 1 aliphatic rings. The number of hydrogen-bond donors (Lipinski definition) is 0. The number of carbonyl (C=O) groups is 1. The summed E-state index contributed by atoms with van der Waals surface area (Å²) in [7, 11) is 0. The molecule has 1 aromatic heterocycles. The number of carbonyl (C=O) groups excluding carboxylic acids is 1. The molecule has 2 heterocycles. The summed E-state index contributed by atoms with van der Waals surface area (Å²) in [4.78, 5) is 21.5. The Morgan fingerprint density at radius 3 is 2.76 bits per heavy atom. The Morgan fingerprint density at radius 2 is 1.96 bits per heavy atom. The van der Waals surface area contributed by atoms with Crippen LogP contribution in [0.3, 0.4) is 0 Å². The van der Waals surface area contributed by atoms with E-state index in [1.807, 2.05) is 35.5 Å². The minimum absolute atomic E-state index is 0.278. The van der Waals surface area contributed by atoms with Crippen molar-refractivity contribution in [1.82, 2.24) is 19.4 Å². The fourth-order valence-electron chi connectivity index (χ4n) is 3.41. The fourth-order valence-corrected chi connectivity index (χ4v) is 3.41. The van der Waals surface area contributed by atoms with Gasteiger partial charge in [-0.3, -0.25) is 9.69 Å². The van der Waals surface area contributed by atoms with Crippen LogP contribution in [0.1, 0.15) is 31.2 Å². The third kappa shape index (κ3) is 4.92. The van der Waals surface area contributed by atoms with Crippen LogP contribution in [-0.2, 0) is 24.3 Å². The number of imidazole rings is 1. The molecule has 1 amide bonds. The van der Waals surface area contributed by atoms with Crippen molar-refractivity contribution in [2.75, 3.05) is 26.2 Å². The summed E-state index contributed by atoms with van der Waals surface area (Å²) in [6, 6.07) is 10.3. The quantitative estimate of drug-likeness (QED) is 0.811. The molecule has 5 heteroatoms. The van der Waals surface area contributed by atoms with Gasteiger partial charge in [-0.05, 0) is 25.3 Å². The van der Waals surface area contributed by atoms with Gasteiger partial charge in [-0.25, -0.2) is 4.98 Å². The Balaban J connectivity index is 1.48. The van der Waals surface area contributed by atoms with Crippen molar-refractivity contribution in [2.24, 2.45) is 0 Å². The van der Waals surface area contributed by atoms with E-state index in [9.17, 15) is 4.79 Å². The van der Waals surface area contributed by atoms with Gasteiger partial charge in [0.05, 0.1) is 6.54 Å². The predicted molar refractivity (Wildman–Crippen MR) is 99.1 cm³/mol. The molecule has 1 aliphatic heterocycles. The molecule has 0 spiro atoms. The van der Waals surface area contributed by atoms with Crippen molar-refractivity contribution in [3.8, 4) is 0 Å². The third-order valence-corrected chi connectivity index (χ3v) is 4.92. The Kier molecular flexibility index (Phi) is 6.23. The van der Waals surface area contributed by atoms with Crippen LogP contribution in [-0.4, -0.2) is 51.4 Å². The van der Waals surface area contributed by atoms with Gasteiger partial charge >= 0.3 is 0 Å². The number of amides is 1. The van der Waals surface area contributed by atoms with Crippen LogP contribution in [0.25, 0.3) is 0 Å². The zero-order chi connectivity index (χ0) is 17.5. The lowest BCUT2D eigenvalue weighted by Crippen LogP contribution is -2.35. The van der Waals surface area contributed by atoms with Gasteiger partial charge < -0.3 is 9.47 Å². The molecular weight excluding hydrogens is 312 g/mol. The van der Waals surface area contributed by atoms with Crippen LogP contribution >= 0.6 is 0 Å². The highest BCUT2D eigenvalue weighted by Crippen LogP contribution is 2.11. The second kappa shape index (κ2) is 8.81. The van der Waals surface area contributed by atoms with Crippen molar-refractivity contribution in [3.63, 3.8) is 0 Å². The van der Waals surface area contributed by atoms with Gasteiger partial charge in [0.25, 0.3) is 0 Å². The first-order valence-electron chi connectivity index (χ1n) is 9.30. The summed E-state index contributed by atoms with van der Waals surface area (Å²) in [5, 5.41) is 0. The Bertz CT molecular complexity index is 667. The number of rotatable bonds is 6. The molecule has 0 N–H and O–H groups in total. The number of aromatic nitrogens is 2. The third-order valence-electron chi connectivity index (χ3n) is 4.92. The highest BCUT2D eigenvalue weighted by molar-refractivity contribution is 5.76. The topological polar surface area (TPSA) is 41.4 Å². The van der Waals surface area contributed by atoms with E-state index in [1.54, 1.807) is 0 Å². The van der Waals surface area contributed by atoms with Gasteiger partial charge in [-0.2, -0.15) is 0 Å². The van der Waals surface area contributed by atoms with Crippen LogP contribution in [0.4, 0.5) is 0 Å². The lowest BCUT2D eigenvalue weighted by atomic mass is 10.1. The average Bonchev–Trinajstić information content (AvgIpc) is 2.96. The maximum Gasteiger partial charge on any atom is 0.222 e. The summed E-state index contributed by atoms with van der Waals surface area (Å²) < 4.78 is 2.19. The number of aryl methyl sites for hydroxylation is 2. The maximum absolute atomic E-state index is 12.5. The van der Waals surface area contributed by atoms with E-state index >= 15 is 0 Å². The molecule has 2 aromatic rings. The number of benzene rings is 1. The van der Waals surface area contributed by atoms with E-state index in [0.717, 1.165) is 57.9 Å². The molecule has 1 fully saturated rings.